The highest BCUT2D eigenvalue weighted by Gasteiger charge is 2.45. The van der Waals surface area contributed by atoms with Crippen LogP contribution in [0.4, 0.5) is 5.13 Å². The molecule has 5 rings (SSSR count). The van der Waals surface area contributed by atoms with E-state index in [1.54, 1.807) is 49.4 Å². The third-order valence-electron chi connectivity index (χ3n) is 4.74. The number of halogens is 2. The van der Waals surface area contributed by atoms with Crippen molar-refractivity contribution in [1.29, 1.82) is 0 Å². The van der Waals surface area contributed by atoms with Crippen LogP contribution < -0.4 is 10.3 Å². The fourth-order valence-electron chi connectivity index (χ4n) is 3.49. The minimum absolute atomic E-state index is 0.00220. The first kappa shape index (κ1) is 18.3. The second-order valence-corrected chi connectivity index (χ2v) is 8.58. The molecule has 1 atom stereocenters. The number of hydrogen-bond donors (Lipinski definition) is 0. The molecule has 29 heavy (non-hydrogen) atoms. The number of fused-ring (bicyclic) bond motifs is 2. The molecule has 9 heteroatoms. The average Bonchev–Trinajstić information content (AvgIpc) is 3.25. The summed E-state index contributed by atoms with van der Waals surface area (Å²) in [5.74, 6) is -0.442. The van der Waals surface area contributed by atoms with Gasteiger partial charge in [-0.2, -0.15) is 0 Å². The number of carbonyl (C=O) groups excluding carboxylic acids is 1. The first-order chi connectivity index (χ1) is 13.9. The third-order valence-corrected chi connectivity index (χ3v) is 6.06. The molecular formula is C20H11Cl2N3O3S. The van der Waals surface area contributed by atoms with Gasteiger partial charge in [-0.3, -0.25) is 14.5 Å². The Morgan fingerprint density at radius 1 is 1.03 bits per heavy atom. The van der Waals surface area contributed by atoms with Crippen LogP contribution in [0, 0.1) is 6.92 Å². The van der Waals surface area contributed by atoms with Crippen LogP contribution in [0.2, 0.25) is 10.0 Å². The SMILES string of the molecule is Cc1nnc(N2C(=O)c3oc4ccc(Cl)cc4c(=O)c3[C@H]2c2ccc(Cl)cc2)s1. The van der Waals surface area contributed by atoms with Gasteiger partial charge in [0, 0.05) is 10.0 Å². The smallest absolute Gasteiger partial charge is 0.297 e. The molecule has 0 spiro atoms. The highest BCUT2D eigenvalue weighted by Crippen LogP contribution is 2.42. The van der Waals surface area contributed by atoms with Gasteiger partial charge in [0.25, 0.3) is 5.91 Å². The van der Waals surface area contributed by atoms with Gasteiger partial charge in [0.05, 0.1) is 17.0 Å². The molecule has 1 amide bonds. The fourth-order valence-corrected chi connectivity index (χ4v) is 4.50. The van der Waals surface area contributed by atoms with Gasteiger partial charge in [-0.25, -0.2) is 0 Å². The lowest BCUT2D eigenvalue weighted by Gasteiger charge is -2.22. The Kier molecular flexibility index (Phi) is 4.20. The molecule has 0 saturated carbocycles. The summed E-state index contributed by atoms with van der Waals surface area (Å²) >= 11 is 13.4. The van der Waals surface area contributed by atoms with E-state index in [9.17, 15) is 9.59 Å². The van der Waals surface area contributed by atoms with Crippen LogP contribution in [-0.4, -0.2) is 16.1 Å². The Labute approximate surface area is 178 Å². The molecule has 1 aliphatic heterocycles. The second kappa shape index (κ2) is 6.66. The standard InChI is InChI=1S/C20H11Cl2N3O3S/c1-9-23-24-20(29-9)25-16(10-2-4-11(21)5-3-10)15-17(26)13-8-12(22)6-7-14(13)28-18(15)19(25)27/h2-8,16H,1H3/t16-/m1/s1. The topological polar surface area (TPSA) is 76.3 Å². The normalized spacial score (nSPS) is 15.9. The number of hydrogen-bond acceptors (Lipinski definition) is 6. The molecule has 0 N–H and O–H groups in total. The summed E-state index contributed by atoms with van der Waals surface area (Å²) in [6.45, 7) is 1.80. The highest BCUT2D eigenvalue weighted by molar-refractivity contribution is 7.15. The molecule has 0 saturated heterocycles. The molecule has 144 valence electrons. The van der Waals surface area contributed by atoms with Crippen molar-refractivity contribution >= 4 is 56.5 Å². The Hall–Kier alpha value is -2.74. The van der Waals surface area contributed by atoms with Crippen molar-refractivity contribution in [3.8, 4) is 0 Å². The molecular weight excluding hydrogens is 433 g/mol. The number of benzene rings is 2. The van der Waals surface area contributed by atoms with Crippen molar-refractivity contribution in [2.24, 2.45) is 0 Å². The summed E-state index contributed by atoms with van der Waals surface area (Å²) < 4.78 is 5.87. The second-order valence-electron chi connectivity index (χ2n) is 6.55. The third kappa shape index (κ3) is 2.85. The maximum atomic E-state index is 13.4. The van der Waals surface area contributed by atoms with E-state index in [-0.39, 0.29) is 16.8 Å². The number of nitrogens with zero attached hydrogens (tertiary/aromatic N) is 3. The monoisotopic (exact) mass is 443 g/mol. The first-order valence-electron chi connectivity index (χ1n) is 8.59. The summed E-state index contributed by atoms with van der Waals surface area (Å²) in [4.78, 5) is 28.1. The van der Waals surface area contributed by atoms with Crippen LogP contribution in [0.1, 0.15) is 32.7 Å². The molecule has 3 heterocycles. The van der Waals surface area contributed by atoms with E-state index in [4.69, 9.17) is 27.6 Å². The Morgan fingerprint density at radius 3 is 2.45 bits per heavy atom. The van der Waals surface area contributed by atoms with Crippen LogP contribution in [0.25, 0.3) is 11.0 Å². The largest absolute Gasteiger partial charge is 0.450 e. The lowest BCUT2D eigenvalue weighted by molar-refractivity contribution is 0.0970. The minimum Gasteiger partial charge on any atom is -0.450 e. The Morgan fingerprint density at radius 2 is 1.76 bits per heavy atom. The molecule has 1 aliphatic rings. The zero-order valence-electron chi connectivity index (χ0n) is 14.8. The zero-order valence-corrected chi connectivity index (χ0v) is 17.2. The van der Waals surface area contributed by atoms with E-state index >= 15 is 0 Å². The summed E-state index contributed by atoms with van der Waals surface area (Å²) in [7, 11) is 0. The summed E-state index contributed by atoms with van der Waals surface area (Å²) in [5.41, 5.74) is 0.959. The molecule has 4 aromatic rings. The molecule has 2 aromatic heterocycles. The van der Waals surface area contributed by atoms with Crippen molar-refractivity contribution in [3.05, 3.63) is 84.6 Å². The van der Waals surface area contributed by atoms with Gasteiger partial charge in [-0.15, -0.1) is 10.2 Å². The number of rotatable bonds is 2. The lowest BCUT2D eigenvalue weighted by atomic mass is 9.99. The maximum Gasteiger partial charge on any atom is 0.297 e. The van der Waals surface area contributed by atoms with Crippen LogP contribution in [0.5, 0.6) is 0 Å². The van der Waals surface area contributed by atoms with E-state index < -0.39 is 11.9 Å². The van der Waals surface area contributed by atoms with Crippen LogP contribution in [0.3, 0.4) is 0 Å². The van der Waals surface area contributed by atoms with Gasteiger partial charge >= 0.3 is 0 Å². The molecule has 0 fully saturated rings. The van der Waals surface area contributed by atoms with Gasteiger partial charge in [0.2, 0.25) is 10.9 Å². The Bertz CT molecular complexity index is 1350. The van der Waals surface area contributed by atoms with Gasteiger partial charge in [0.1, 0.15) is 10.6 Å². The fraction of sp³-hybridized carbons (Fsp3) is 0.100. The minimum atomic E-state index is -0.707. The van der Waals surface area contributed by atoms with E-state index in [2.05, 4.69) is 10.2 Å². The van der Waals surface area contributed by atoms with Crippen molar-refractivity contribution in [3.63, 3.8) is 0 Å². The van der Waals surface area contributed by atoms with Gasteiger partial charge in [-0.1, -0.05) is 46.7 Å². The molecule has 6 nitrogen and oxygen atoms in total. The Balaban J connectivity index is 1.83. The number of amides is 1. The van der Waals surface area contributed by atoms with Crippen molar-refractivity contribution in [2.45, 2.75) is 13.0 Å². The van der Waals surface area contributed by atoms with Crippen LogP contribution >= 0.6 is 34.5 Å². The van der Waals surface area contributed by atoms with Crippen LogP contribution in [-0.2, 0) is 0 Å². The van der Waals surface area contributed by atoms with E-state index in [0.717, 1.165) is 0 Å². The van der Waals surface area contributed by atoms with Gasteiger partial charge in [0.15, 0.2) is 5.43 Å². The van der Waals surface area contributed by atoms with Gasteiger partial charge in [-0.05, 0) is 42.8 Å². The summed E-state index contributed by atoms with van der Waals surface area (Å²) in [5, 5.41) is 10.5. The first-order valence-corrected chi connectivity index (χ1v) is 10.2. The van der Waals surface area contributed by atoms with E-state index in [1.165, 1.54) is 16.2 Å². The average molecular weight is 444 g/mol. The lowest BCUT2D eigenvalue weighted by Crippen LogP contribution is -2.29. The van der Waals surface area contributed by atoms with Crippen molar-refractivity contribution in [1.82, 2.24) is 10.2 Å². The number of aromatic nitrogens is 2. The van der Waals surface area contributed by atoms with Crippen molar-refractivity contribution < 1.29 is 9.21 Å². The van der Waals surface area contributed by atoms with Gasteiger partial charge < -0.3 is 4.42 Å². The molecule has 0 aliphatic carbocycles. The predicted octanol–water partition coefficient (Wildman–Crippen LogP) is 5.01. The highest BCUT2D eigenvalue weighted by atomic mass is 35.5. The zero-order chi connectivity index (χ0) is 20.3. The quantitative estimate of drug-likeness (QED) is 0.435. The number of anilines is 1. The maximum absolute atomic E-state index is 13.4. The summed E-state index contributed by atoms with van der Waals surface area (Å²) in [6.07, 6.45) is 0. The van der Waals surface area contributed by atoms with E-state index in [0.29, 0.717) is 36.7 Å². The molecule has 0 unspecified atom stereocenters. The predicted molar refractivity (Wildman–Crippen MR) is 112 cm³/mol. The van der Waals surface area contributed by atoms with Crippen LogP contribution in [0.15, 0.2) is 51.7 Å². The molecule has 0 bridgehead atoms. The summed E-state index contributed by atoms with van der Waals surface area (Å²) in [6, 6.07) is 11.0. The molecule has 2 aromatic carbocycles. The number of carbonyl (C=O) groups is 1. The van der Waals surface area contributed by atoms with E-state index in [1.807, 2.05) is 0 Å². The van der Waals surface area contributed by atoms with Crippen molar-refractivity contribution in [2.75, 3.05) is 4.90 Å². The molecule has 0 radical (unpaired) electrons. The number of aryl methyl sites for hydroxylation is 1.